The molecular formula is C28H30F3N3O4. The predicted octanol–water partition coefficient (Wildman–Crippen LogP) is 4.03. The van der Waals surface area contributed by atoms with Gasteiger partial charge in [0.15, 0.2) is 5.82 Å². The molecule has 0 unspecified atom stereocenters. The van der Waals surface area contributed by atoms with Crippen molar-refractivity contribution in [2.75, 3.05) is 20.3 Å². The Morgan fingerprint density at radius 3 is 2.79 bits per heavy atom. The number of nitrogens with zero attached hydrogens (tertiary/aromatic N) is 2. The van der Waals surface area contributed by atoms with Crippen molar-refractivity contribution >= 4 is 23.2 Å². The summed E-state index contributed by atoms with van der Waals surface area (Å²) in [5.74, 6) is -1.23. The molecule has 3 aromatic rings. The topological polar surface area (TPSA) is 96.7 Å². The molecule has 1 aromatic carbocycles. The monoisotopic (exact) mass is 529 g/mol. The third-order valence-electron chi connectivity index (χ3n) is 6.39. The van der Waals surface area contributed by atoms with Crippen LogP contribution < -0.4 is 10.1 Å². The molecule has 38 heavy (non-hydrogen) atoms. The molecule has 0 bridgehead atoms. The minimum Gasteiger partial charge on any atom is -0.481 e. The Morgan fingerprint density at radius 1 is 1.16 bits per heavy atom. The molecule has 10 heteroatoms. The van der Waals surface area contributed by atoms with Crippen LogP contribution in [0.4, 0.5) is 13.2 Å². The second-order valence-corrected chi connectivity index (χ2v) is 9.05. The maximum absolute atomic E-state index is 14.7. The minimum absolute atomic E-state index is 0.145. The Bertz CT molecular complexity index is 1300. The van der Waals surface area contributed by atoms with Crippen molar-refractivity contribution in [2.45, 2.75) is 43.6 Å². The number of ether oxygens (including phenoxy) is 2. The van der Waals surface area contributed by atoms with Crippen LogP contribution in [0.1, 0.15) is 30.4 Å². The van der Waals surface area contributed by atoms with Crippen LogP contribution in [0.2, 0.25) is 0 Å². The summed E-state index contributed by atoms with van der Waals surface area (Å²) in [6, 6.07) is 6.45. The van der Waals surface area contributed by atoms with Gasteiger partial charge in [-0.1, -0.05) is 24.3 Å². The van der Waals surface area contributed by atoms with E-state index in [4.69, 9.17) is 9.47 Å². The smallest absolute Gasteiger partial charge is 0.213 e. The van der Waals surface area contributed by atoms with E-state index in [9.17, 15) is 23.4 Å². The first-order valence-corrected chi connectivity index (χ1v) is 12.3. The molecule has 7 nitrogen and oxygen atoms in total. The number of pyridine rings is 2. The lowest BCUT2D eigenvalue weighted by atomic mass is 9.94. The van der Waals surface area contributed by atoms with E-state index in [0.717, 1.165) is 24.4 Å². The van der Waals surface area contributed by atoms with Gasteiger partial charge in [0.2, 0.25) is 5.88 Å². The van der Waals surface area contributed by atoms with Crippen LogP contribution in [-0.2, 0) is 4.74 Å². The number of methoxy groups -OCH3 is 1. The van der Waals surface area contributed by atoms with Gasteiger partial charge in [-0.2, -0.15) is 0 Å². The maximum Gasteiger partial charge on any atom is 0.213 e. The Morgan fingerprint density at radius 2 is 2.00 bits per heavy atom. The highest BCUT2D eigenvalue weighted by Crippen LogP contribution is 2.27. The lowest BCUT2D eigenvalue weighted by Crippen LogP contribution is -2.48. The summed E-state index contributed by atoms with van der Waals surface area (Å²) in [5, 5.41) is 22.7. The molecule has 1 aliphatic heterocycles. The third kappa shape index (κ3) is 6.96. The molecule has 4 rings (SSSR count). The normalized spacial score (nSPS) is 20.9. The highest BCUT2D eigenvalue weighted by molar-refractivity contribution is 5.84. The van der Waals surface area contributed by atoms with Crippen molar-refractivity contribution in [2.24, 2.45) is 0 Å². The van der Waals surface area contributed by atoms with Crippen molar-refractivity contribution in [3.63, 3.8) is 0 Å². The van der Waals surface area contributed by atoms with Crippen molar-refractivity contribution < 1.29 is 32.9 Å². The number of hydrogen-bond donors (Lipinski definition) is 3. The zero-order valence-electron chi connectivity index (χ0n) is 20.9. The molecule has 202 valence electrons. The SMILES string of the molecule is COc1ccc2ncc(F)c(/C=C/[C@@H]3CC[C@@H](NC/C=C/c4cc(F)ccc4F)[C@@H](C[C@H](O)CO)O3)c2n1. The molecule has 2 aromatic heterocycles. The number of aromatic nitrogens is 2. The first-order valence-electron chi connectivity index (χ1n) is 12.3. The number of hydrogen-bond acceptors (Lipinski definition) is 7. The number of aliphatic hydroxyl groups is 2. The predicted molar refractivity (Wildman–Crippen MR) is 138 cm³/mol. The van der Waals surface area contributed by atoms with Crippen molar-refractivity contribution in [1.82, 2.24) is 15.3 Å². The maximum atomic E-state index is 14.7. The van der Waals surface area contributed by atoms with Crippen LogP contribution in [0.5, 0.6) is 5.88 Å². The zero-order chi connectivity index (χ0) is 27.1. The molecule has 1 aliphatic rings. The Labute approximate surface area is 218 Å². The van der Waals surface area contributed by atoms with Crippen LogP contribution in [0.15, 0.2) is 48.7 Å². The Hall–Kier alpha value is -3.31. The van der Waals surface area contributed by atoms with Gasteiger partial charge in [-0.05, 0) is 37.1 Å². The van der Waals surface area contributed by atoms with Gasteiger partial charge in [-0.25, -0.2) is 18.2 Å². The molecular weight excluding hydrogens is 499 g/mol. The largest absolute Gasteiger partial charge is 0.481 e. The first kappa shape index (κ1) is 27.7. The third-order valence-corrected chi connectivity index (χ3v) is 6.39. The van der Waals surface area contributed by atoms with Crippen molar-refractivity contribution in [3.05, 3.63) is 77.3 Å². The number of rotatable bonds is 10. The van der Waals surface area contributed by atoms with E-state index in [1.165, 1.54) is 13.2 Å². The fraction of sp³-hybridized carbons (Fsp3) is 0.357. The fourth-order valence-corrected chi connectivity index (χ4v) is 4.42. The summed E-state index contributed by atoms with van der Waals surface area (Å²) < 4.78 is 53.2. The summed E-state index contributed by atoms with van der Waals surface area (Å²) >= 11 is 0. The van der Waals surface area contributed by atoms with Crippen LogP contribution >= 0.6 is 0 Å². The molecule has 1 saturated heterocycles. The summed E-state index contributed by atoms with van der Waals surface area (Å²) in [4.78, 5) is 8.41. The average Bonchev–Trinajstić information content (AvgIpc) is 2.92. The highest BCUT2D eigenvalue weighted by Gasteiger charge is 2.31. The molecule has 3 N–H and O–H groups in total. The van der Waals surface area contributed by atoms with Gasteiger partial charge in [0.25, 0.3) is 0 Å². The summed E-state index contributed by atoms with van der Waals surface area (Å²) in [7, 11) is 1.48. The summed E-state index contributed by atoms with van der Waals surface area (Å²) in [6.45, 7) is -0.0501. The average molecular weight is 530 g/mol. The lowest BCUT2D eigenvalue weighted by molar-refractivity contribution is -0.0714. The van der Waals surface area contributed by atoms with E-state index in [1.807, 2.05) is 0 Å². The second kappa shape index (κ2) is 13.0. The van der Waals surface area contributed by atoms with E-state index in [0.29, 0.717) is 36.3 Å². The molecule has 0 saturated carbocycles. The zero-order valence-corrected chi connectivity index (χ0v) is 20.9. The first-order chi connectivity index (χ1) is 18.4. The summed E-state index contributed by atoms with van der Waals surface area (Å²) in [5.41, 5.74) is 1.30. The molecule has 3 heterocycles. The van der Waals surface area contributed by atoms with Gasteiger partial charge in [-0.15, -0.1) is 0 Å². The quantitative estimate of drug-likeness (QED) is 0.365. The number of aliphatic hydroxyl groups excluding tert-OH is 2. The van der Waals surface area contributed by atoms with E-state index in [2.05, 4.69) is 15.3 Å². The number of nitrogens with one attached hydrogen (secondary N) is 1. The fourth-order valence-electron chi connectivity index (χ4n) is 4.42. The Kier molecular flexibility index (Phi) is 9.46. The minimum atomic E-state index is -0.970. The molecule has 4 atom stereocenters. The molecule has 0 aliphatic carbocycles. The Balaban J connectivity index is 1.44. The van der Waals surface area contributed by atoms with Gasteiger partial charge in [0, 0.05) is 36.2 Å². The van der Waals surface area contributed by atoms with Gasteiger partial charge >= 0.3 is 0 Å². The standard InChI is InChI=1S/C28H30F3N3O4/c1-37-27-11-10-25-28(34-27)21(23(31)15-33-25)7-5-20-6-9-24(26(38-20)14-19(36)16-35)32-12-2-3-17-13-18(29)4-8-22(17)30/h2-5,7-8,10-11,13,15,19-20,24,26,32,35-36H,6,9,12,14,16H2,1H3/b3-2+,7-5+/t19-,20+,24+,26+/m0/s1. The van der Waals surface area contributed by atoms with Gasteiger partial charge in [0.1, 0.15) is 17.2 Å². The van der Waals surface area contributed by atoms with E-state index in [-0.39, 0.29) is 29.7 Å². The van der Waals surface area contributed by atoms with E-state index < -0.39 is 36.3 Å². The van der Waals surface area contributed by atoms with Crippen LogP contribution in [0.3, 0.4) is 0 Å². The van der Waals surface area contributed by atoms with Crippen LogP contribution in [-0.4, -0.2) is 64.8 Å². The summed E-state index contributed by atoms with van der Waals surface area (Å²) in [6.07, 6.45) is 7.37. The van der Waals surface area contributed by atoms with Gasteiger partial charge in [-0.3, -0.25) is 4.98 Å². The van der Waals surface area contributed by atoms with Crippen molar-refractivity contribution in [1.29, 1.82) is 0 Å². The van der Waals surface area contributed by atoms with Crippen LogP contribution in [0.25, 0.3) is 23.2 Å². The second-order valence-electron chi connectivity index (χ2n) is 9.05. The van der Waals surface area contributed by atoms with E-state index >= 15 is 0 Å². The molecule has 1 fully saturated rings. The number of benzene rings is 1. The number of halogens is 3. The molecule has 0 amide bonds. The van der Waals surface area contributed by atoms with Crippen molar-refractivity contribution in [3.8, 4) is 5.88 Å². The van der Waals surface area contributed by atoms with Gasteiger partial charge < -0.3 is 25.0 Å². The van der Waals surface area contributed by atoms with E-state index in [1.54, 1.807) is 30.4 Å². The van der Waals surface area contributed by atoms with Crippen LogP contribution in [0, 0.1) is 17.5 Å². The highest BCUT2D eigenvalue weighted by atomic mass is 19.1. The van der Waals surface area contributed by atoms with Gasteiger partial charge in [0.05, 0.1) is 43.7 Å². The molecule has 0 spiro atoms. The number of fused-ring (bicyclic) bond motifs is 1. The lowest BCUT2D eigenvalue weighted by Gasteiger charge is -2.37. The molecule has 0 radical (unpaired) electrons.